The summed E-state index contributed by atoms with van der Waals surface area (Å²) in [6, 6.07) is 0. The highest BCUT2D eigenvalue weighted by molar-refractivity contribution is 7.77. The lowest BCUT2D eigenvalue weighted by molar-refractivity contribution is -0.166. The van der Waals surface area contributed by atoms with E-state index in [4.69, 9.17) is 0 Å². The Balaban J connectivity index is 1.08. The predicted molar refractivity (Wildman–Crippen MR) is 276 cm³/mol. The Bertz CT molecular complexity index is 1330. The molecule has 4 amide bonds. The second-order valence-corrected chi connectivity index (χ2v) is 25.7. The molecule has 0 spiro atoms. The fourth-order valence-electron chi connectivity index (χ4n) is 11.7. The SMILES string of the molecule is CC(=O)N(O)CCCCCNC(=O)CCC(=O)N(O)CCCCCCC(=O)CCC(=O)N(O)CCCCCNCCCCCCCCCC[P+](C1CCCCC1)(C1CCCCC1)C1CCCCC1. The van der Waals surface area contributed by atoms with Crippen molar-refractivity contribution in [3.8, 4) is 0 Å². The molecule has 394 valence electrons. The molecular formula is C54H101N5O8P+. The van der Waals surface area contributed by atoms with Crippen LogP contribution >= 0.6 is 7.26 Å². The van der Waals surface area contributed by atoms with E-state index >= 15 is 0 Å². The van der Waals surface area contributed by atoms with Gasteiger partial charge in [0.2, 0.25) is 23.6 Å². The predicted octanol–water partition coefficient (Wildman–Crippen LogP) is 11.9. The van der Waals surface area contributed by atoms with Gasteiger partial charge in [0.25, 0.3) is 0 Å². The van der Waals surface area contributed by atoms with Gasteiger partial charge < -0.3 is 10.6 Å². The van der Waals surface area contributed by atoms with Crippen LogP contribution in [0.25, 0.3) is 0 Å². The first-order valence-electron chi connectivity index (χ1n) is 28.4. The number of ketones is 1. The Labute approximate surface area is 414 Å². The average Bonchev–Trinajstić information content (AvgIpc) is 3.36. The molecule has 0 unspecified atom stereocenters. The highest BCUT2D eigenvalue weighted by atomic mass is 31.2. The first kappa shape index (κ1) is 60.1. The molecule has 3 aliphatic rings. The van der Waals surface area contributed by atoms with Crippen LogP contribution < -0.4 is 10.6 Å². The highest BCUT2D eigenvalue weighted by Crippen LogP contribution is 2.77. The van der Waals surface area contributed by atoms with Crippen molar-refractivity contribution >= 4 is 36.7 Å². The van der Waals surface area contributed by atoms with Crippen molar-refractivity contribution in [2.45, 2.75) is 268 Å². The minimum Gasteiger partial charge on any atom is -0.356 e. The standard InChI is InChI=1S/C54H100N5O8P/c1-47(60)57(65)43-26-14-24-42-56-52(62)37-39-54(64)59(67)44-25-8-6-15-29-48(61)36-38-53(63)58(66)45-27-13-23-41-55-40-22-7-4-2-3-5-9-28-46-68(49-30-16-10-17-31-49,50-32-18-11-19-33-50)51-34-20-12-21-35-51/h49-51,55,65-67H,2-46H2,1H3/p+1. The number of amides is 4. The third-order valence-corrected chi connectivity index (χ3v) is 22.4. The number of unbranched alkanes of at least 4 members (excludes halogenated alkanes) is 14. The Kier molecular flexibility index (Phi) is 33.2. The average molecular weight is 979 g/mol. The zero-order valence-corrected chi connectivity index (χ0v) is 44.1. The first-order chi connectivity index (χ1) is 33.0. The van der Waals surface area contributed by atoms with E-state index in [2.05, 4.69) is 10.6 Å². The summed E-state index contributed by atoms with van der Waals surface area (Å²) in [5.74, 6) is -1.64. The number of hydrogen-bond acceptors (Lipinski definition) is 9. The van der Waals surface area contributed by atoms with Crippen molar-refractivity contribution in [2.24, 2.45) is 0 Å². The maximum Gasteiger partial charge on any atom is 0.246 e. The van der Waals surface area contributed by atoms with Gasteiger partial charge in [0.1, 0.15) is 5.78 Å². The summed E-state index contributed by atoms with van der Waals surface area (Å²) in [6.45, 7) is 4.40. The maximum atomic E-state index is 12.4. The molecule has 0 bridgehead atoms. The zero-order valence-electron chi connectivity index (χ0n) is 43.2. The van der Waals surface area contributed by atoms with Crippen LogP contribution in [0.3, 0.4) is 0 Å². The quantitative estimate of drug-likeness (QED) is 0.0173. The third-order valence-electron chi connectivity index (χ3n) is 15.7. The fraction of sp³-hybridized carbons (Fsp3) is 0.907. The van der Waals surface area contributed by atoms with E-state index in [1.165, 1.54) is 116 Å². The molecule has 3 fully saturated rings. The monoisotopic (exact) mass is 979 g/mol. The van der Waals surface area contributed by atoms with Gasteiger partial charge in [-0.15, -0.1) is 0 Å². The molecule has 0 saturated heterocycles. The van der Waals surface area contributed by atoms with Gasteiger partial charge in [0.05, 0.1) is 23.1 Å². The van der Waals surface area contributed by atoms with Crippen molar-refractivity contribution < 1.29 is 39.6 Å². The van der Waals surface area contributed by atoms with E-state index in [0.717, 1.165) is 73.7 Å². The molecule has 0 heterocycles. The van der Waals surface area contributed by atoms with Crippen LogP contribution in [0.5, 0.6) is 0 Å². The number of hydroxylamine groups is 6. The summed E-state index contributed by atoms with van der Waals surface area (Å²) in [6.07, 6.45) is 43.6. The first-order valence-corrected chi connectivity index (χ1v) is 30.5. The Morgan fingerprint density at radius 3 is 1.29 bits per heavy atom. The zero-order chi connectivity index (χ0) is 49.1. The van der Waals surface area contributed by atoms with Crippen LogP contribution in [0.4, 0.5) is 0 Å². The van der Waals surface area contributed by atoms with Crippen molar-refractivity contribution in [1.82, 2.24) is 25.8 Å². The van der Waals surface area contributed by atoms with Gasteiger partial charge in [-0.05, 0) is 154 Å². The molecule has 13 nitrogen and oxygen atoms in total. The largest absolute Gasteiger partial charge is 0.356 e. The molecule has 68 heavy (non-hydrogen) atoms. The van der Waals surface area contributed by atoms with E-state index in [1.54, 1.807) is 44.7 Å². The van der Waals surface area contributed by atoms with E-state index in [0.29, 0.717) is 48.8 Å². The number of nitrogens with zero attached hydrogens (tertiary/aromatic N) is 3. The van der Waals surface area contributed by atoms with E-state index < -0.39 is 25.0 Å². The Hall–Kier alpha value is -2.18. The summed E-state index contributed by atoms with van der Waals surface area (Å²) in [5.41, 5.74) is 3.39. The third kappa shape index (κ3) is 25.3. The van der Waals surface area contributed by atoms with Crippen LogP contribution in [0.2, 0.25) is 0 Å². The Morgan fingerprint density at radius 1 is 0.426 bits per heavy atom. The van der Waals surface area contributed by atoms with Gasteiger partial charge >= 0.3 is 0 Å². The number of Topliss-reactive ketones (excluding diaryl/α,β-unsaturated/α-hetero) is 1. The summed E-state index contributed by atoms with van der Waals surface area (Å²) < 4.78 is 0. The smallest absolute Gasteiger partial charge is 0.246 e. The number of nitrogens with one attached hydrogen (secondary N) is 2. The van der Waals surface area contributed by atoms with Crippen LogP contribution in [0.1, 0.15) is 251 Å². The summed E-state index contributed by atoms with van der Waals surface area (Å²) in [7, 11) is -0.906. The molecule has 0 atom stereocenters. The highest BCUT2D eigenvalue weighted by Gasteiger charge is 2.56. The molecule has 3 aliphatic carbocycles. The molecule has 0 aromatic rings. The Morgan fingerprint density at radius 2 is 0.809 bits per heavy atom. The van der Waals surface area contributed by atoms with Crippen LogP contribution in [-0.4, -0.2) is 123 Å². The molecule has 0 aromatic carbocycles. The normalized spacial score (nSPS) is 16.4. The minimum atomic E-state index is -0.906. The summed E-state index contributed by atoms with van der Waals surface area (Å²) in [4.78, 5) is 59.9. The fourth-order valence-corrected chi connectivity index (χ4v) is 19.3. The molecule has 3 rings (SSSR count). The topological polar surface area (TPSA) is 180 Å². The van der Waals surface area contributed by atoms with Gasteiger partial charge in [-0.25, -0.2) is 15.2 Å². The molecule has 0 aromatic heterocycles. The summed E-state index contributed by atoms with van der Waals surface area (Å²) >= 11 is 0. The number of carbonyl (C=O) groups is 5. The van der Waals surface area contributed by atoms with Gasteiger partial charge in [0.15, 0.2) is 0 Å². The van der Waals surface area contributed by atoms with E-state index in [1.807, 2.05) is 0 Å². The van der Waals surface area contributed by atoms with Gasteiger partial charge in [0, 0.05) is 72.5 Å². The van der Waals surface area contributed by atoms with Crippen molar-refractivity contribution in [1.29, 1.82) is 0 Å². The number of hydrogen-bond donors (Lipinski definition) is 5. The van der Waals surface area contributed by atoms with Crippen molar-refractivity contribution in [3.05, 3.63) is 0 Å². The molecular weight excluding hydrogens is 878 g/mol. The van der Waals surface area contributed by atoms with Gasteiger partial charge in [-0.1, -0.05) is 70.6 Å². The van der Waals surface area contributed by atoms with E-state index in [-0.39, 0.29) is 57.0 Å². The lowest BCUT2D eigenvalue weighted by atomic mass is 9.99. The maximum absolute atomic E-state index is 12.4. The van der Waals surface area contributed by atoms with Crippen LogP contribution in [0, 0.1) is 0 Å². The van der Waals surface area contributed by atoms with Crippen LogP contribution in [-0.2, 0) is 24.0 Å². The second-order valence-electron chi connectivity index (χ2n) is 21.0. The van der Waals surface area contributed by atoms with E-state index in [9.17, 15) is 39.6 Å². The number of rotatable bonds is 39. The number of carbonyl (C=O) groups excluding carboxylic acids is 5. The minimum absolute atomic E-state index is 0.00505. The molecule has 5 N–H and O–H groups in total. The second kappa shape index (κ2) is 37.6. The molecule has 0 aliphatic heterocycles. The van der Waals surface area contributed by atoms with Crippen LogP contribution in [0.15, 0.2) is 0 Å². The lowest BCUT2D eigenvalue weighted by Gasteiger charge is -2.49. The molecule has 3 saturated carbocycles. The summed E-state index contributed by atoms with van der Waals surface area (Å²) in [5, 5.41) is 37.9. The molecule has 14 heteroatoms. The van der Waals surface area contributed by atoms with Crippen molar-refractivity contribution in [2.75, 3.05) is 45.4 Å². The van der Waals surface area contributed by atoms with Crippen molar-refractivity contribution in [3.63, 3.8) is 0 Å². The lowest BCUT2D eigenvalue weighted by Crippen LogP contribution is -2.37. The van der Waals surface area contributed by atoms with Gasteiger partial charge in [-0.2, -0.15) is 0 Å². The van der Waals surface area contributed by atoms with Gasteiger partial charge in [-0.3, -0.25) is 39.6 Å². The molecule has 0 radical (unpaired) electrons.